The Labute approximate surface area is 510 Å². The van der Waals surface area contributed by atoms with E-state index >= 15 is 0 Å². The lowest BCUT2D eigenvalue weighted by Gasteiger charge is -2.34. The van der Waals surface area contributed by atoms with Crippen LogP contribution in [0.15, 0.2) is 291 Å². The lowest BCUT2D eigenvalue weighted by Crippen LogP contribution is -2.74. The topological polar surface area (TPSA) is 40.8 Å². The Morgan fingerprint density at radius 3 is 1.67 bits per heavy atom. The van der Waals surface area contributed by atoms with E-state index in [0.29, 0.717) is 44.9 Å². The number of hydrogen-bond acceptors (Lipinski definition) is 2. The first-order valence-electron chi connectivity index (χ1n) is 36.4. The molecule has 7 heteroatoms. The van der Waals surface area contributed by atoms with Gasteiger partial charge in [0, 0.05) is 33.8 Å². The minimum Gasteiger partial charge on any atom is -0.458 e. The van der Waals surface area contributed by atoms with Crippen molar-refractivity contribution < 1.29 is 35.3 Å². The summed E-state index contributed by atoms with van der Waals surface area (Å²) < 4.78 is 196. The lowest BCUT2D eigenvalue weighted by molar-refractivity contribution is -0.571. The molecule has 0 fully saturated rings. The average Bonchev–Trinajstić information content (AvgIpc) is 0.902. The largest absolute Gasteiger partial charge is 0.458 e. The van der Waals surface area contributed by atoms with Gasteiger partial charge in [0.15, 0.2) is 8.07 Å². The van der Waals surface area contributed by atoms with Crippen LogP contribution in [0.2, 0.25) is 0 Å². The summed E-state index contributed by atoms with van der Waals surface area (Å²) in [7, 11) is -6.25. The van der Waals surface area contributed by atoms with Gasteiger partial charge in [-0.25, -0.2) is 4.98 Å². The van der Waals surface area contributed by atoms with Crippen LogP contribution in [0, 0.1) is 6.33 Å². The Morgan fingerprint density at radius 2 is 1.04 bits per heavy atom. The molecule has 0 N–H and O–H groups in total. The zero-order chi connectivity index (χ0) is 72.2. The number of rotatable bonds is 11. The summed E-state index contributed by atoms with van der Waals surface area (Å²) in [5.74, 6) is 1.72. The molecule has 0 saturated heterocycles. The van der Waals surface area contributed by atoms with E-state index < -0.39 is 149 Å². The Hall–Kier alpha value is -10.3. The van der Waals surface area contributed by atoms with Crippen molar-refractivity contribution in [2.45, 2.75) is 26.2 Å². The Bertz CT molecular complexity index is 5830. The molecule has 15 aromatic rings. The van der Waals surface area contributed by atoms with Crippen LogP contribution >= 0.6 is 0 Å². The SMILES string of the molecule is [2H]c1c([2H])c([2H])c([Si](c2c([2H])c([2H])c([2H])c([2H])c2[2H])(c2c([2H])c([2H])c([2H])c([2H])c2[2H])c2c([2H])c([2H])c([2H])c(-c3cccc(-n4c5ccccc5c5ccccc54)c3-[n+]3[c-]n(-c4cccc(Oc5ccc6c7ccccc7n(-c7cc(C(C)(C)C)ccn7)c6c5)c4)c4ccccc43)c2[2H])c([2H])c1[2H]. The van der Waals surface area contributed by atoms with Gasteiger partial charge in [-0.15, -0.1) is 0 Å². The zero-order valence-corrected chi connectivity index (χ0v) is 45.9. The van der Waals surface area contributed by atoms with Crippen LogP contribution in [-0.4, -0.2) is 26.8 Å². The molecular weight excluding hydrogens is 1030 g/mol. The highest BCUT2D eigenvalue weighted by molar-refractivity contribution is 7.19. The predicted molar refractivity (Wildman–Crippen MR) is 344 cm³/mol. The number of aromatic nitrogens is 5. The molecule has 0 aliphatic rings. The van der Waals surface area contributed by atoms with E-state index in [1.165, 1.54) is 0 Å². The normalized spacial score (nSPS) is 15.2. The first-order valence-corrected chi connectivity index (χ1v) is 28.9. The van der Waals surface area contributed by atoms with Crippen LogP contribution in [-0.2, 0) is 5.41 Å². The molecule has 0 bridgehead atoms. The fraction of sp³-hybridized carbons (Fsp3) is 0.0526. The van der Waals surface area contributed by atoms with Gasteiger partial charge in [0.2, 0.25) is 0 Å². The number of pyridine rings is 1. The monoisotopic (exact) mass is 1100 g/mol. The molecule has 0 spiro atoms. The van der Waals surface area contributed by atoms with Crippen molar-refractivity contribution in [3.63, 3.8) is 0 Å². The van der Waals surface area contributed by atoms with Crippen LogP contribution < -0.4 is 30.1 Å². The number of nitrogens with zero attached hydrogens (tertiary/aromatic N) is 5. The van der Waals surface area contributed by atoms with Crippen molar-refractivity contribution in [2.75, 3.05) is 0 Å². The summed E-state index contributed by atoms with van der Waals surface area (Å²) in [6, 6.07) is 33.6. The Balaban J connectivity index is 1.03. The predicted octanol–water partition coefficient (Wildman–Crippen LogP) is 15.4. The molecular formula is C76H57N5OSi. The van der Waals surface area contributed by atoms with Crippen LogP contribution in [0.3, 0.4) is 0 Å². The van der Waals surface area contributed by atoms with Gasteiger partial charge in [-0.2, -0.15) is 0 Å². The first-order chi connectivity index (χ1) is 48.7. The van der Waals surface area contributed by atoms with E-state index in [2.05, 4.69) is 49.9 Å². The third-order valence-corrected chi connectivity index (χ3v) is 19.3. The fourth-order valence-electron chi connectivity index (χ4n) is 11.6. The Kier molecular flexibility index (Phi) is 8.06. The van der Waals surface area contributed by atoms with E-state index in [-0.39, 0.29) is 16.7 Å². The van der Waals surface area contributed by atoms with Crippen molar-refractivity contribution in [2.24, 2.45) is 0 Å². The van der Waals surface area contributed by atoms with Crippen molar-refractivity contribution in [1.29, 1.82) is 0 Å². The molecule has 0 aliphatic heterocycles. The second-order valence-corrected chi connectivity index (χ2v) is 24.6. The van der Waals surface area contributed by atoms with E-state index in [1.807, 2.05) is 150 Å². The van der Waals surface area contributed by atoms with E-state index in [0.717, 1.165) is 44.0 Å². The van der Waals surface area contributed by atoms with Crippen LogP contribution in [0.1, 0.15) is 52.4 Å². The van der Waals surface area contributed by atoms with Crippen LogP contribution in [0.5, 0.6) is 11.5 Å². The number of fused-ring (bicyclic) bond motifs is 7. The molecule has 15 rings (SSSR count). The molecule has 6 nitrogen and oxygen atoms in total. The minimum absolute atomic E-state index is 0.0282. The Morgan fingerprint density at radius 1 is 0.482 bits per heavy atom. The number of imidazole rings is 1. The van der Waals surface area contributed by atoms with Gasteiger partial charge in [-0.05, 0) is 110 Å². The molecule has 396 valence electrons. The summed E-state index contributed by atoms with van der Waals surface area (Å²) >= 11 is 0. The van der Waals surface area contributed by atoms with E-state index in [4.69, 9.17) is 13.8 Å². The summed E-state index contributed by atoms with van der Waals surface area (Å²) in [4.78, 5) is 4.87. The zero-order valence-electron chi connectivity index (χ0n) is 63.9. The van der Waals surface area contributed by atoms with Gasteiger partial charge in [-0.1, -0.05) is 233 Å². The molecule has 0 unspecified atom stereocenters. The highest BCUT2D eigenvalue weighted by atomic mass is 28.3. The molecule has 0 aliphatic carbocycles. The summed E-state index contributed by atoms with van der Waals surface area (Å²) in [5, 5.41) is -0.0254. The second-order valence-electron chi connectivity index (χ2n) is 21.1. The fourth-order valence-corrected chi connectivity index (χ4v) is 15.1. The number of benzene rings is 11. The second kappa shape index (κ2) is 20.0. The van der Waals surface area contributed by atoms with Crippen molar-refractivity contribution in [1.82, 2.24) is 18.7 Å². The molecule has 0 amide bonds. The van der Waals surface area contributed by atoms with Crippen molar-refractivity contribution in [3.05, 3.63) is 303 Å². The van der Waals surface area contributed by atoms with Crippen molar-refractivity contribution in [3.8, 4) is 45.5 Å². The molecule has 0 saturated carbocycles. The van der Waals surface area contributed by atoms with Gasteiger partial charge in [0.05, 0.1) is 76.2 Å². The number of hydrogen-bond donors (Lipinski definition) is 0. The highest BCUT2D eigenvalue weighted by Gasteiger charge is 2.41. The lowest BCUT2D eigenvalue weighted by atomic mass is 9.88. The minimum atomic E-state index is -6.25. The maximum Gasteiger partial charge on any atom is 0.269 e. The van der Waals surface area contributed by atoms with Gasteiger partial charge >= 0.3 is 0 Å². The van der Waals surface area contributed by atoms with E-state index in [9.17, 15) is 21.9 Å². The molecule has 0 atom stereocenters. The van der Waals surface area contributed by atoms with Crippen LogP contribution in [0.4, 0.5) is 0 Å². The van der Waals surface area contributed by atoms with Gasteiger partial charge < -0.3 is 9.30 Å². The molecule has 0 radical (unpaired) electrons. The third kappa shape index (κ3) is 8.30. The van der Waals surface area contributed by atoms with Gasteiger partial charge in [-0.3, -0.25) is 13.7 Å². The summed E-state index contributed by atoms with van der Waals surface area (Å²) in [6.07, 6.45) is 5.44. The smallest absolute Gasteiger partial charge is 0.269 e. The molecule has 11 aromatic carbocycles. The summed E-state index contributed by atoms with van der Waals surface area (Å²) in [6.45, 7) is 6.48. The number of ether oxygens (including phenoxy) is 1. The molecule has 83 heavy (non-hydrogen) atoms. The van der Waals surface area contributed by atoms with Crippen molar-refractivity contribution >= 4 is 83.5 Å². The quantitative estimate of drug-likeness (QED) is 0.0560. The first kappa shape index (κ1) is 33.4. The van der Waals surface area contributed by atoms with E-state index in [1.54, 1.807) is 21.3 Å². The number of para-hydroxylation sites is 6. The standard InChI is InChI=1S/C76H57N5OSi/c1-76(2,3)54-46-47-77-74(49-54)81-69-40-18-15-36-65(69)66-45-44-57(51-73(66)81)82-56-26-22-25-55(50-56)78-52-79(71-42-20-19-41-70(71)78)75-62(37-23-43-72(75)80-67-38-16-13-34-63(67)64-35-14-17-39-68(64)80)53-24-21-33-61(48-53)83(58-27-7-4-8-28-58,59-29-9-5-10-30-59)60-31-11-6-12-32-60/h4-51H,1-3H3/i4D,5D,6D,7D,8D,9D,10D,11D,12D,21D,24D,27D,28D,29D,30D,31D,32D,33D,48D. The van der Waals surface area contributed by atoms with Gasteiger partial charge in [0.25, 0.3) is 6.33 Å². The maximum absolute atomic E-state index is 11.0. The third-order valence-electron chi connectivity index (χ3n) is 15.3. The average molecular weight is 1100 g/mol. The van der Waals surface area contributed by atoms with Gasteiger partial charge in [0.1, 0.15) is 17.3 Å². The van der Waals surface area contributed by atoms with Crippen LogP contribution in [0.25, 0.3) is 88.7 Å². The highest BCUT2D eigenvalue weighted by Crippen LogP contribution is 2.39. The maximum atomic E-state index is 11.0. The summed E-state index contributed by atoms with van der Waals surface area (Å²) in [5.41, 5.74) is 5.90. The molecule has 4 heterocycles. The molecule has 4 aromatic heterocycles.